The maximum Gasteiger partial charge on any atom is 0.248 e. The second-order valence-electron chi connectivity index (χ2n) is 5.09. The van der Waals surface area contributed by atoms with Gasteiger partial charge in [-0.25, -0.2) is 4.98 Å². The third kappa shape index (κ3) is 4.30. The predicted octanol–water partition coefficient (Wildman–Crippen LogP) is 0.869. The highest BCUT2D eigenvalue weighted by atomic mass is 16.5. The van der Waals surface area contributed by atoms with Gasteiger partial charge in [0.15, 0.2) is 0 Å². The lowest BCUT2D eigenvalue weighted by molar-refractivity contribution is -0.136. The Morgan fingerprint density at radius 3 is 2.55 bits per heavy atom. The summed E-state index contributed by atoms with van der Waals surface area (Å²) in [6.07, 6.45) is 0. The fraction of sp³-hybridized carbons (Fsp3) is 0.667. The molecule has 1 aliphatic heterocycles. The standard InChI is InChI=1S/C15H24N4O3/c1-4-21-11-14(20)18-6-8-19(9-7-18)15-16-12(3)10-13(17-15)22-5-2/h10H,4-9,11H2,1-3H3. The molecule has 1 aliphatic rings. The molecule has 1 aromatic heterocycles. The molecule has 0 bridgehead atoms. The van der Waals surface area contributed by atoms with Crippen molar-refractivity contribution >= 4 is 11.9 Å². The molecule has 2 heterocycles. The molecule has 1 aromatic rings. The van der Waals surface area contributed by atoms with E-state index in [1.54, 1.807) is 0 Å². The molecular weight excluding hydrogens is 284 g/mol. The zero-order valence-corrected chi connectivity index (χ0v) is 13.5. The molecule has 2 rings (SSSR count). The van der Waals surface area contributed by atoms with Crippen LogP contribution in [0.2, 0.25) is 0 Å². The first-order chi connectivity index (χ1) is 10.6. The molecule has 0 unspecified atom stereocenters. The van der Waals surface area contributed by atoms with Gasteiger partial charge >= 0.3 is 0 Å². The van der Waals surface area contributed by atoms with Gasteiger partial charge in [0.2, 0.25) is 17.7 Å². The Labute approximate surface area is 131 Å². The van der Waals surface area contributed by atoms with E-state index in [9.17, 15) is 4.79 Å². The van der Waals surface area contributed by atoms with Crippen molar-refractivity contribution in [1.82, 2.24) is 14.9 Å². The Morgan fingerprint density at radius 2 is 1.91 bits per heavy atom. The van der Waals surface area contributed by atoms with Crippen LogP contribution < -0.4 is 9.64 Å². The van der Waals surface area contributed by atoms with Gasteiger partial charge in [-0.15, -0.1) is 0 Å². The van der Waals surface area contributed by atoms with Gasteiger partial charge in [-0.05, 0) is 20.8 Å². The minimum Gasteiger partial charge on any atom is -0.478 e. The smallest absolute Gasteiger partial charge is 0.248 e. The number of rotatable bonds is 6. The number of amides is 1. The van der Waals surface area contributed by atoms with Crippen molar-refractivity contribution in [3.63, 3.8) is 0 Å². The summed E-state index contributed by atoms with van der Waals surface area (Å²) in [6, 6.07) is 1.83. The lowest BCUT2D eigenvalue weighted by Gasteiger charge is -2.34. The molecule has 0 radical (unpaired) electrons. The SMILES string of the molecule is CCOCC(=O)N1CCN(c2nc(C)cc(OCC)n2)CC1. The largest absolute Gasteiger partial charge is 0.478 e. The van der Waals surface area contributed by atoms with Crippen LogP contribution in [0.5, 0.6) is 5.88 Å². The van der Waals surface area contributed by atoms with E-state index in [-0.39, 0.29) is 12.5 Å². The number of carbonyl (C=O) groups is 1. The number of ether oxygens (including phenoxy) is 2. The van der Waals surface area contributed by atoms with Gasteiger partial charge in [-0.2, -0.15) is 4.98 Å². The molecule has 7 heteroatoms. The van der Waals surface area contributed by atoms with Gasteiger partial charge < -0.3 is 19.3 Å². The number of hydrogen-bond acceptors (Lipinski definition) is 6. The number of anilines is 1. The van der Waals surface area contributed by atoms with Crippen LogP contribution in [0.3, 0.4) is 0 Å². The maximum absolute atomic E-state index is 11.9. The van der Waals surface area contributed by atoms with Crippen LogP contribution in [-0.4, -0.2) is 66.8 Å². The lowest BCUT2D eigenvalue weighted by atomic mass is 10.3. The highest BCUT2D eigenvalue weighted by Gasteiger charge is 2.23. The number of nitrogens with zero attached hydrogens (tertiary/aromatic N) is 4. The number of hydrogen-bond donors (Lipinski definition) is 0. The van der Waals surface area contributed by atoms with E-state index in [1.807, 2.05) is 31.7 Å². The third-order valence-electron chi connectivity index (χ3n) is 3.46. The summed E-state index contributed by atoms with van der Waals surface area (Å²) in [7, 11) is 0. The van der Waals surface area contributed by atoms with Crippen LogP contribution in [0, 0.1) is 6.92 Å². The summed E-state index contributed by atoms with van der Waals surface area (Å²) in [4.78, 5) is 24.7. The number of aromatic nitrogens is 2. The normalized spacial score (nSPS) is 15.0. The third-order valence-corrected chi connectivity index (χ3v) is 3.46. The summed E-state index contributed by atoms with van der Waals surface area (Å²) < 4.78 is 10.6. The van der Waals surface area contributed by atoms with Crippen molar-refractivity contribution < 1.29 is 14.3 Å². The maximum atomic E-state index is 11.9. The molecule has 0 aromatic carbocycles. The molecule has 1 saturated heterocycles. The molecule has 0 N–H and O–H groups in total. The second kappa shape index (κ2) is 7.93. The first kappa shape index (κ1) is 16.5. The highest BCUT2D eigenvalue weighted by Crippen LogP contribution is 2.17. The highest BCUT2D eigenvalue weighted by molar-refractivity contribution is 5.77. The van der Waals surface area contributed by atoms with Gasteiger partial charge in [-0.3, -0.25) is 4.79 Å². The van der Waals surface area contributed by atoms with Crippen LogP contribution in [0.1, 0.15) is 19.5 Å². The zero-order valence-electron chi connectivity index (χ0n) is 13.5. The minimum atomic E-state index is 0.0432. The zero-order chi connectivity index (χ0) is 15.9. The second-order valence-corrected chi connectivity index (χ2v) is 5.09. The van der Waals surface area contributed by atoms with Crippen molar-refractivity contribution in [3.05, 3.63) is 11.8 Å². The predicted molar refractivity (Wildman–Crippen MR) is 83.2 cm³/mol. The molecule has 0 spiro atoms. The average Bonchev–Trinajstić information content (AvgIpc) is 2.52. The first-order valence-corrected chi connectivity index (χ1v) is 7.73. The average molecular weight is 308 g/mol. The molecule has 7 nitrogen and oxygen atoms in total. The molecular formula is C15H24N4O3. The van der Waals surface area contributed by atoms with E-state index in [0.29, 0.717) is 51.2 Å². The van der Waals surface area contributed by atoms with Crippen LogP contribution in [-0.2, 0) is 9.53 Å². The number of carbonyl (C=O) groups excluding carboxylic acids is 1. The molecule has 1 amide bonds. The lowest BCUT2D eigenvalue weighted by Crippen LogP contribution is -2.50. The van der Waals surface area contributed by atoms with E-state index >= 15 is 0 Å². The molecule has 0 aliphatic carbocycles. The van der Waals surface area contributed by atoms with Crippen LogP contribution >= 0.6 is 0 Å². The Hall–Kier alpha value is -1.89. The summed E-state index contributed by atoms with van der Waals surface area (Å²) in [6.45, 7) is 9.79. The monoisotopic (exact) mass is 308 g/mol. The van der Waals surface area contributed by atoms with Crippen molar-refractivity contribution in [2.45, 2.75) is 20.8 Å². The molecule has 0 atom stereocenters. The Bertz CT molecular complexity index is 502. The van der Waals surface area contributed by atoms with E-state index < -0.39 is 0 Å². The van der Waals surface area contributed by atoms with Crippen LogP contribution in [0.25, 0.3) is 0 Å². The number of aryl methyl sites for hydroxylation is 1. The van der Waals surface area contributed by atoms with Gasteiger partial charge in [0, 0.05) is 44.5 Å². The Kier molecular flexibility index (Phi) is 5.94. The van der Waals surface area contributed by atoms with Crippen LogP contribution in [0.4, 0.5) is 5.95 Å². The Morgan fingerprint density at radius 1 is 1.18 bits per heavy atom. The summed E-state index contributed by atoms with van der Waals surface area (Å²) in [5.41, 5.74) is 0.878. The molecule has 22 heavy (non-hydrogen) atoms. The van der Waals surface area contributed by atoms with E-state index in [1.165, 1.54) is 0 Å². The molecule has 122 valence electrons. The summed E-state index contributed by atoms with van der Waals surface area (Å²) >= 11 is 0. The van der Waals surface area contributed by atoms with E-state index in [0.717, 1.165) is 5.69 Å². The first-order valence-electron chi connectivity index (χ1n) is 7.73. The molecule has 0 saturated carbocycles. The van der Waals surface area contributed by atoms with Gasteiger partial charge in [0.05, 0.1) is 6.61 Å². The quantitative estimate of drug-likeness (QED) is 0.777. The Balaban J connectivity index is 1.95. The van der Waals surface area contributed by atoms with Crippen molar-refractivity contribution in [1.29, 1.82) is 0 Å². The fourth-order valence-electron chi connectivity index (χ4n) is 2.32. The van der Waals surface area contributed by atoms with Gasteiger partial charge in [-0.1, -0.05) is 0 Å². The van der Waals surface area contributed by atoms with Crippen LogP contribution in [0.15, 0.2) is 6.07 Å². The topological polar surface area (TPSA) is 67.8 Å². The van der Waals surface area contributed by atoms with Crippen molar-refractivity contribution in [2.24, 2.45) is 0 Å². The van der Waals surface area contributed by atoms with Crippen molar-refractivity contribution in [2.75, 3.05) is 50.9 Å². The summed E-state index contributed by atoms with van der Waals surface area (Å²) in [5, 5.41) is 0. The van der Waals surface area contributed by atoms with Gasteiger partial charge in [0.1, 0.15) is 6.61 Å². The summed E-state index contributed by atoms with van der Waals surface area (Å²) in [5.74, 6) is 1.31. The van der Waals surface area contributed by atoms with Crippen molar-refractivity contribution in [3.8, 4) is 5.88 Å². The molecule has 1 fully saturated rings. The minimum absolute atomic E-state index is 0.0432. The number of piperazine rings is 1. The fourth-order valence-corrected chi connectivity index (χ4v) is 2.32. The van der Waals surface area contributed by atoms with E-state index in [2.05, 4.69) is 14.9 Å². The van der Waals surface area contributed by atoms with E-state index in [4.69, 9.17) is 9.47 Å². The van der Waals surface area contributed by atoms with Gasteiger partial charge in [0.25, 0.3) is 0 Å².